The van der Waals surface area contributed by atoms with Gasteiger partial charge < -0.3 is 5.32 Å². The van der Waals surface area contributed by atoms with E-state index in [-0.39, 0.29) is 0 Å². The van der Waals surface area contributed by atoms with Crippen LogP contribution in [0, 0.1) is 6.92 Å². The van der Waals surface area contributed by atoms with Crippen LogP contribution in [0.1, 0.15) is 24.2 Å². The van der Waals surface area contributed by atoms with Gasteiger partial charge in [0, 0.05) is 25.8 Å². The Balaban J connectivity index is 1.68. The minimum Gasteiger partial charge on any atom is -0.379 e. The quantitative estimate of drug-likeness (QED) is 0.909. The maximum atomic E-state index is 12.5. The van der Waals surface area contributed by atoms with Gasteiger partial charge >= 0.3 is 0 Å². The third-order valence-corrected chi connectivity index (χ3v) is 6.04. The van der Waals surface area contributed by atoms with E-state index < -0.39 is 10.0 Å². The van der Waals surface area contributed by atoms with E-state index >= 15 is 0 Å². The Hall–Kier alpha value is -1.86. The minimum absolute atomic E-state index is 0.362. The first-order valence-electron chi connectivity index (χ1n) is 7.80. The Morgan fingerprint density at radius 2 is 1.83 bits per heavy atom. The topological polar surface area (TPSA) is 67.2 Å². The van der Waals surface area contributed by atoms with Crippen LogP contribution in [-0.4, -0.2) is 35.6 Å². The van der Waals surface area contributed by atoms with Gasteiger partial charge in [0.15, 0.2) is 0 Å². The molecule has 0 radical (unpaired) electrons. The number of benzene rings is 1. The zero-order chi connectivity index (χ0) is 16.4. The molecule has 0 saturated carbocycles. The highest BCUT2D eigenvalue weighted by molar-refractivity contribution is 7.89. The molecule has 2 aromatic rings. The molecule has 0 spiro atoms. The normalized spacial score (nSPS) is 15.9. The lowest BCUT2D eigenvalue weighted by atomic mass is 10.3. The van der Waals surface area contributed by atoms with E-state index in [1.54, 1.807) is 16.4 Å². The summed E-state index contributed by atoms with van der Waals surface area (Å²) in [7, 11) is -1.42. The van der Waals surface area contributed by atoms with Gasteiger partial charge in [-0.15, -0.1) is 0 Å². The predicted octanol–water partition coefficient (Wildman–Crippen LogP) is 2.13. The van der Waals surface area contributed by atoms with E-state index in [2.05, 4.69) is 10.4 Å². The number of sulfonamides is 1. The number of hydrogen-bond acceptors (Lipinski definition) is 4. The standard InChI is InChI=1S/C16H22N4O2S/c1-13-11-15(19(2)18-13)12-17-14-5-7-16(8-6-14)23(21,22)20-9-3-4-10-20/h5-8,11,17H,3-4,9-10,12H2,1-2H3. The Morgan fingerprint density at radius 3 is 2.39 bits per heavy atom. The van der Waals surface area contributed by atoms with E-state index in [0.29, 0.717) is 24.5 Å². The molecule has 1 saturated heterocycles. The fraction of sp³-hybridized carbons (Fsp3) is 0.438. The SMILES string of the molecule is Cc1cc(CNc2ccc(S(=O)(=O)N3CCCC3)cc2)n(C)n1. The second-order valence-electron chi connectivity index (χ2n) is 5.89. The highest BCUT2D eigenvalue weighted by Crippen LogP contribution is 2.22. The third kappa shape index (κ3) is 3.40. The lowest BCUT2D eigenvalue weighted by molar-refractivity contribution is 0.477. The molecular weight excluding hydrogens is 312 g/mol. The van der Waals surface area contributed by atoms with Crippen molar-refractivity contribution in [3.05, 3.63) is 41.7 Å². The second kappa shape index (κ2) is 6.33. The maximum absolute atomic E-state index is 12.5. The van der Waals surface area contributed by atoms with Gasteiger partial charge in [0.2, 0.25) is 10.0 Å². The van der Waals surface area contributed by atoms with Crippen LogP contribution in [-0.2, 0) is 23.6 Å². The first kappa shape index (κ1) is 16.0. The van der Waals surface area contributed by atoms with Crippen molar-refractivity contribution in [1.29, 1.82) is 0 Å². The summed E-state index contributed by atoms with van der Waals surface area (Å²) in [6.45, 7) is 3.86. The van der Waals surface area contributed by atoms with Crippen LogP contribution in [0.5, 0.6) is 0 Å². The first-order chi connectivity index (χ1) is 11.0. The predicted molar refractivity (Wildman–Crippen MR) is 89.7 cm³/mol. The Morgan fingerprint density at radius 1 is 1.17 bits per heavy atom. The Bertz CT molecular complexity index is 775. The maximum Gasteiger partial charge on any atom is 0.243 e. The summed E-state index contributed by atoms with van der Waals surface area (Å²) < 4.78 is 28.3. The zero-order valence-electron chi connectivity index (χ0n) is 13.5. The molecule has 0 amide bonds. The number of nitrogens with one attached hydrogen (secondary N) is 1. The van der Waals surface area contributed by atoms with Crippen molar-refractivity contribution in [1.82, 2.24) is 14.1 Å². The van der Waals surface area contributed by atoms with Crippen molar-refractivity contribution < 1.29 is 8.42 Å². The van der Waals surface area contributed by atoms with Crippen LogP contribution in [0.25, 0.3) is 0 Å². The summed E-state index contributed by atoms with van der Waals surface area (Å²) >= 11 is 0. The monoisotopic (exact) mass is 334 g/mol. The highest BCUT2D eigenvalue weighted by atomic mass is 32.2. The molecule has 1 aromatic carbocycles. The second-order valence-corrected chi connectivity index (χ2v) is 7.83. The van der Waals surface area contributed by atoms with Gasteiger partial charge in [-0.3, -0.25) is 4.68 Å². The number of aryl methyl sites for hydroxylation is 2. The average molecular weight is 334 g/mol. The van der Waals surface area contributed by atoms with Gasteiger partial charge in [-0.1, -0.05) is 0 Å². The first-order valence-corrected chi connectivity index (χ1v) is 9.24. The lowest BCUT2D eigenvalue weighted by Gasteiger charge is -2.15. The molecule has 3 rings (SSSR count). The molecule has 1 N–H and O–H groups in total. The Kier molecular flexibility index (Phi) is 4.41. The van der Waals surface area contributed by atoms with Gasteiger partial charge in [0.05, 0.1) is 22.8 Å². The van der Waals surface area contributed by atoms with Crippen molar-refractivity contribution in [3.63, 3.8) is 0 Å². The summed E-state index contributed by atoms with van der Waals surface area (Å²) in [6.07, 6.45) is 1.89. The van der Waals surface area contributed by atoms with E-state index in [0.717, 1.165) is 29.9 Å². The number of aromatic nitrogens is 2. The largest absolute Gasteiger partial charge is 0.379 e. The van der Waals surface area contributed by atoms with Crippen molar-refractivity contribution in [2.24, 2.45) is 7.05 Å². The minimum atomic E-state index is -3.33. The summed E-state index contributed by atoms with van der Waals surface area (Å²) in [4.78, 5) is 0.362. The molecule has 1 aromatic heterocycles. The molecular formula is C16H22N4O2S. The third-order valence-electron chi connectivity index (χ3n) is 4.13. The van der Waals surface area contributed by atoms with Crippen molar-refractivity contribution in [3.8, 4) is 0 Å². The molecule has 23 heavy (non-hydrogen) atoms. The lowest BCUT2D eigenvalue weighted by Crippen LogP contribution is -2.27. The molecule has 124 valence electrons. The molecule has 0 atom stereocenters. The van der Waals surface area contributed by atoms with Crippen LogP contribution < -0.4 is 5.32 Å². The van der Waals surface area contributed by atoms with Crippen LogP contribution in [0.3, 0.4) is 0 Å². The fourth-order valence-corrected chi connectivity index (χ4v) is 4.36. The number of nitrogens with zero attached hydrogens (tertiary/aromatic N) is 3. The van der Waals surface area contributed by atoms with Crippen LogP contribution in [0.2, 0.25) is 0 Å². The molecule has 1 fully saturated rings. The van der Waals surface area contributed by atoms with Gasteiger partial charge in [-0.25, -0.2) is 8.42 Å². The smallest absolute Gasteiger partial charge is 0.243 e. The summed E-state index contributed by atoms with van der Waals surface area (Å²) in [5.41, 5.74) is 2.96. The van der Waals surface area contributed by atoms with Gasteiger partial charge in [-0.2, -0.15) is 9.40 Å². The van der Waals surface area contributed by atoms with Crippen LogP contribution in [0.4, 0.5) is 5.69 Å². The Labute approximate surface area is 137 Å². The van der Waals surface area contributed by atoms with Gasteiger partial charge in [0.25, 0.3) is 0 Å². The van der Waals surface area contributed by atoms with Crippen molar-refractivity contribution in [2.45, 2.75) is 31.2 Å². The summed E-state index contributed by atoms with van der Waals surface area (Å²) in [5.74, 6) is 0. The number of anilines is 1. The molecule has 0 unspecified atom stereocenters. The molecule has 6 nitrogen and oxygen atoms in total. The van der Waals surface area contributed by atoms with E-state index in [9.17, 15) is 8.42 Å². The molecule has 7 heteroatoms. The summed E-state index contributed by atoms with van der Waals surface area (Å²) in [6, 6.07) is 8.99. The van der Waals surface area contributed by atoms with Gasteiger partial charge in [-0.05, 0) is 50.1 Å². The summed E-state index contributed by atoms with van der Waals surface area (Å²) in [5, 5.41) is 7.60. The molecule has 2 heterocycles. The number of rotatable bonds is 5. The van der Waals surface area contributed by atoms with Gasteiger partial charge in [0.1, 0.15) is 0 Å². The van der Waals surface area contributed by atoms with E-state index in [1.165, 1.54) is 0 Å². The van der Waals surface area contributed by atoms with Crippen LogP contribution in [0.15, 0.2) is 35.2 Å². The highest BCUT2D eigenvalue weighted by Gasteiger charge is 2.26. The number of hydrogen-bond donors (Lipinski definition) is 1. The molecule has 1 aliphatic heterocycles. The molecule has 1 aliphatic rings. The van der Waals surface area contributed by atoms with E-state index in [1.807, 2.05) is 36.9 Å². The van der Waals surface area contributed by atoms with Crippen LogP contribution >= 0.6 is 0 Å². The van der Waals surface area contributed by atoms with E-state index in [4.69, 9.17) is 0 Å². The fourth-order valence-electron chi connectivity index (χ4n) is 2.84. The van der Waals surface area contributed by atoms with Crippen molar-refractivity contribution in [2.75, 3.05) is 18.4 Å². The molecule has 0 aliphatic carbocycles. The zero-order valence-corrected chi connectivity index (χ0v) is 14.3. The van der Waals surface area contributed by atoms with Crippen molar-refractivity contribution >= 4 is 15.7 Å². The average Bonchev–Trinajstić information content (AvgIpc) is 3.16. The molecule has 0 bridgehead atoms.